The van der Waals surface area contributed by atoms with Crippen LogP contribution in [0.1, 0.15) is 35.8 Å². The molecule has 2 aromatic heterocycles. The predicted octanol–water partition coefficient (Wildman–Crippen LogP) is 2.10. The normalized spacial score (nSPS) is 20.4. The van der Waals surface area contributed by atoms with Gasteiger partial charge in [0.15, 0.2) is 0 Å². The van der Waals surface area contributed by atoms with Crippen molar-refractivity contribution < 1.29 is 0 Å². The molecule has 1 fully saturated rings. The molecule has 2 aromatic rings. The van der Waals surface area contributed by atoms with Gasteiger partial charge in [-0.05, 0) is 45.4 Å². The zero-order valence-corrected chi connectivity index (χ0v) is 12.3. The Balaban J connectivity index is 1.56. The van der Waals surface area contributed by atoms with Crippen LogP contribution in [-0.2, 0) is 6.54 Å². The Labute approximate surface area is 120 Å². The summed E-state index contributed by atoms with van der Waals surface area (Å²) in [7, 11) is 0. The topological polar surface area (TPSA) is 49.7 Å². The lowest BCUT2D eigenvalue weighted by molar-refractivity contribution is 0.196. The molecule has 0 bridgehead atoms. The molecule has 0 aromatic carbocycles. The monoisotopic (exact) mass is 273 g/mol. The van der Waals surface area contributed by atoms with Gasteiger partial charge in [-0.25, -0.2) is 0 Å². The van der Waals surface area contributed by atoms with Gasteiger partial charge in [0, 0.05) is 36.6 Å². The maximum atomic E-state index is 4.54. The average Bonchev–Trinajstić information content (AvgIpc) is 3.07. The number of H-pyrrole nitrogens is 1. The minimum Gasteiger partial charge on any atom is -0.301 e. The molecule has 1 atom stereocenters. The van der Waals surface area contributed by atoms with Crippen LogP contribution in [-0.4, -0.2) is 44.5 Å². The number of aromatic amines is 1. The Hall–Kier alpha value is -1.62. The number of hydrogen-bond acceptors (Lipinski definition) is 3. The molecule has 1 saturated heterocycles. The van der Waals surface area contributed by atoms with Gasteiger partial charge in [-0.3, -0.25) is 9.78 Å². The Morgan fingerprint density at radius 3 is 2.95 bits per heavy atom. The van der Waals surface area contributed by atoms with Crippen LogP contribution in [0.3, 0.4) is 0 Å². The quantitative estimate of drug-likeness (QED) is 0.928. The highest BCUT2D eigenvalue weighted by Crippen LogP contribution is 2.25. The predicted molar refractivity (Wildman–Crippen MR) is 78.7 cm³/mol. The van der Waals surface area contributed by atoms with Gasteiger partial charge in [0.2, 0.25) is 0 Å². The summed E-state index contributed by atoms with van der Waals surface area (Å²) in [4.78, 5) is 2.55. The van der Waals surface area contributed by atoms with Gasteiger partial charge in [-0.1, -0.05) is 0 Å². The molecule has 0 amide bonds. The second-order valence-corrected chi connectivity index (χ2v) is 5.80. The first-order valence-electron chi connectivity index (χ1n) is 7.45. The standard InChI is InChI=1S/C15H23N5/c1-12-10-13(2)20(18-12)9-8-19-7-3-4-14(11-19)15-5-6-16-17-15/h5-6,10,14H,3-4,7-9,11H2,1-2H3,(H,16,17)/t14-/m1/s1. The van der Waals surface area contributed by atoms with Crippen LogP contribution in [0.15, 0.2) is 18.3 Å². The number of nitrogens with zero attached hydrogens (tertiary/aromatic N) is 4. The van der Waals surface area contributed by atoms with E-state index in [0.29, 0.717) is 5.92 Å². The highest BCUT2D eigenvalue weighted by atomic mass is 15.3. The molecule has 3 heterocycles. The van der Waals surface area contributed by atoms with Gasteiger partial charge in [0.05, 0.1) is 12.2 Å². The van der Waals surface area contributed by atoms with Crippen LogP contribution in [0.25, 0.3) is 0 Å². The van der Waals surface area contributed by atoms with Crippen LogP contribution in [0.2, 0.25) is 0 Å². The molecule has 0 radical (unpaired) electrons. The summed E-state index contributed by atoms with van der Waals surface area (Å²) in [6.45, 7) is 8.57. The molecule has 3 rings (SSSR count). The number of rotatable bonds is 4. The minimum atomic E-state index is 0.603. The summed E-state index contributed by atoms with van der Waals surface area (Å²) in [5.41, 5.74) is 3.64. The number of nitrogens with one attached hydrogen (secondary N) is 1. The first kappa shape index (κ1) is 13.4. The van der Waals surface area contributed by atoms with Gasteiger partial charge in [-0.2, -0.15) is 10.2 Å². The molecular weight excluding hydrogens is 250 g/mol. The summed E-state index contributed by atoms with van der Waals surface area (Å²) in [5, 5.41) is 11.7. The van der Waals surface area contributed by atoms with Gasteiger partial charge in [0.25, 0.3) is 0 Å². The lowest BCUT2D eigenvalue weighted by Crippen LogP contribution is -2.36. The number of likely N-dealkylation sites (tertiary alicyclic amines) is 1. The molecule has 0 aliphatic carbocycles. The summed E-state index contributed by atoms with van der Waals surface area (Å²) in [6.07, 6.45) is 4.38. The average molecular weight is 273 g/mol. The number of aryl methyl sites for hydroxylation is 2. The van der Waals surface area contributed by atoms with E-state index in [1.54, 1.807) is 0 Å². The second kappa shape index (κ2) is 5.79. The third kappa shape index (κ3) is 2.93. The summed E-state index contributed by atoms with van der Waals surface area (Å²) in [6, 6.07) is 4.25. The van der Waals surface area contributed by atoms with Crippen molar-refractivity contribution in [2.24, 2.45) is 0 Å². The van der Waals surface area contributed by atoms with Crippen molar-refractivity contribution in [3.63, 3.8) is 0 Å². The summed E-state index contributed by atoms with van der Waals surface area (Å²) < 4.78 is 2.12. The molecule has 0 unspecified atom stereocenters. The molecule has 108 valence electrons. The first-order chi connectivity index (χ1) is 9.72. The third-order valence-electron chi connectivity index (χ3n) is 4.20. The van der Waals surface area contributed by atoms with Crippen molar-refractivity contribution in [3.8, 4) is 0 Å². The smallest absolute Gasteiger partial charge is 0.0596 e. The fourth-order valence-electron chi connectivity index (χ4n) is 3.14. The van der Waals surface area contributed by atoms with Gasteiger partial charge < -0.3 is 4.90 Å². The first-order valence-corrected chi connectivity index (χ1v) is 7.45. The molecule has 0 spiro atoms. The van der Waals surface area contributed by atoms with E-state index in [9.17, 15) is 0 Å². The van der Waals surface area contributed by atoms with Gasteiger partial charge in [0.1, 0.15) is 0 Å². The van der Waals surface area contributed by atoms with Crippen molar-refractivity contribution >= 4 is 0 Å². The highest BCUT2D eigenvalue weighted by molar-refractivity contribution is 5.08. The van der Waals surface area contributed by atoms with Crippen molar-refractivity contribution in [1.29, 1.82) is 0 Å². The van der Waals surface area contributed by atoms with Crippen molar-refractivity contribution in [2.75, 3.05) is 19.6 Å². The fourth-order valence-corrected chi connectivity index (χ4v) is 3.14. The van der Waals surface area contributed by atoms with Crippen LogP contribution in [0.4, 0.5) is 0 Å². The zero-order valence-electron chi connectivity index (χ0n) is 12.3. The zero-order chi connectivity index (χ0) is 13.9. The summed E-state index contributed by atoms with van der Waals surface area (Å²) >= 11 is 0. The second-order valence-electron chi connectivity index (χ2n) is 5.80. The fraction of sp³-hybridized carbons (Fsp3) is 0.600. The maximum Gasteiger partial charge on any atom is 0.0596 e. The molecule has 0 saturated carbocycles. The van der Waals surface area contributed by atoms with Crippen molar-refractivity contribution in [2.45, 2.75) is 39.2 Å². The largest absolute Gasteiger partial charge is 0.301 e. The molecule has 1 aliphatic heterocycles. The highest BCUT2D eigenvalue weighted by Gasteiger charge is 2.22. The van der Waals surface area contributed by atoms with E-state index in [1.807, 2.05) is 6.20 Å². The van der Waals surface area contributed by atoms with E-state index in [0.717, 1.165) is 25.3 Å². The Kier molecular flexibility index (Phi) is 3.87. The molecule has 1 N–H and O–H groups in total. The minimum absolute atomic E-state index is 0.603. The van der Waals surface area contributed by atoms with E-state index >= 15 is 0 Å². The third-order valence-corrected chi connectivity index (χ3v) is 4.20. The lowest BCUT2D eigenvalue weighted by Gasteiger charge is -2.32. The van der Waals surface area contributed by atoms with Crippen LogP contribution in [0.5, 0.6) is 0 Å². The molecule has 20 heavy (non-hydrogen) atoms. The van der Waals surface area contributed by atoms with Gasteiger partial charge >= 0.3 is 0 Å². The van der Waals surface area contributed by atoms with E-state index in [2.05, 4.69) is 50.9 Å². The molecule has 1 aliphatic rings. The molecule has 5 nitrogen and oxygen atoms in total. The number of piperidine rings is 1. The Morgan fingerprint density at radius 1 is 1.35 bits per heavy atom. The lowest BCUT2D eigenvalue weighted by atomic mass is 9.95. The Morgan fingerprint density at radius 2 is 2.25 bits per heavy atom. The van der Waals surface area contributed by atoms with E-state index in [4.69, 9.17) is 0 Å². The number of aromatic nitrogens is 4. The van der Waals surface area contributed by atoms with Gasteiger partial charge in [-0.15, -0.1) is 0 Å². The van der Waals surface area contributed by atoms with E-state index < -0.39 is 0 Å². The SMILES string of the molecule is Cc1cc(C)n(CCN2CCC[C@@H](c3ccn[nH]3)C2)n1. The van der Waals surface area contributed by atoms with E-state index in [1.165, 1.54) is 30.8 Å². The van der Waals surface area contributed by atoms with Crippen molar-refractivity contribution in [3.05, 3.63) is 35.4 Å². The van der Waals surface area contributed by atoms with E-state index in [-0.39, 0.29) is 0 Å². The number of hydrogen-bond donors (Lipinski definition) is 1. The van der Waals surface area contributed by atoms with Crippen LogP contribution >= 0.6 is 0 Å². The molecule has 5 heteroatoms. The Bertz CT molecular complexity index is 543. The van der Waals surface area contributed by atoms with Crippen LogP contribution in [0, 0.1) is 13.8 Å². The molecular formula is C15H23N5. The van der Waals surface area contributed by atoms with Crippen molar-refractivity contribution in [1.82, 2.24) is 24.9 Å². The van der Waals surface area contributed by atoms with Crippen LogP contribution < -0.4 is 0 Å². The summed E-state index contributed by atoms with van der Waals surface area (Å²) in [5.74, 6) is 0.603. The maximum absolute atomic E-state index is 4.54.